The number of fused-ring (bicyclic) bond motifs is 4. The summed E-state index contributed by atoms with van der Waals surface area (Å²) in [6.45, 7) is 2.84. The highest BCUT2D eigenvalue weighted by atomic mass is 16.7. The van der Waals surface area contributed by atoms with Crippen LogP contribution in [0.25, 0.3) is 0 Å². The van der Waals surface area contributed by atoms with E-state index in [1.165, 1.54) is 44.5 Å². The van der Waals surface area contributed by atoms with Gasteiger partial charge in [-0.25, -0.2) is 0 Å². The van der Waals surface area contributed by atoms with E-state index in [9.17, 15) is 0 Å². The molecule has 6 aliphatic rings. The highest BCUT2D eigenvalue weighted by Crippen LogP contribution is 2.51. The Bertz CT molecular complexity index is 1260. The van der Waals surface area contributed by atoms with E-state index in [2.05, 4.69) is 60.7 Å². The molecule has 0 aromatic heterocycles. The van der Waals surface area contributed by atoms with Gasteiger partial charge in [-0.15, -0.1) is 0 Å². The summed E-state index contributed by atoms with van der Waals surface area (Å²) in [5, 5.41) is 0. The van der Waals surface area contributed by atoms with Crippen molar-refractivity contribution in [1.82, 2.24) is 0 Å². The molecule has 0 saturated carbocycles. The summed E-state index contributed by atoms with van der Waals surface area (Å²) in [6.07, 6.45) is 8.16. The Morgan fingerprint density at radius 1 is 0.375 bits per heavy atom. The molecule has 4 nitrogen and oxygen atoms in total. The third-order valence-corrected chi connectivity index (χ3v) is 11.2. The van der Waals surface area contributed by atoms with Crippen LogP contribution in [0.15, 0.2) is 60.7 Å². The lowest BCUT2D eigenvalue weighted by molar-refractivity contribution is -0.227. The summed E-state index contributed by atoms with van der Waals surface area (Å²) in [6, 6.07) is 23.3. The Morgan fingerprint density at radius 2 is 0.625 bits per heavy atom. The largest absolute Gasteiger partial charge is 0.347 e. The standard InChI is InChI=1S/C36H38O4/c1-2-6-24-16-32-20-28-14-30-22-34-18-26-8-4-3-7-25(26)17-33(36(34)39-11-12-40-36)21-29(30)13-27(28)19-31(15-23(24)5-1)35(32)37-9-10-38-35/h1-8,13-14,31-34H,9-12,15-22H2. The molecule has 40 heavy (non-hydrogen) atoms. The molecule has 4 aliphatic carbocycles. The maximum atomic E-state index is 6.64. The van der Waals surface area contributed by atoms with Gasteiger partial charge in [-0.1, -0.05) is 60.7 Å². The number of rotatable bonds is 0. The van der Waals surface area contributed by atoms with Gasteiger partial charge in [0.1, 0.15) is 0 Å². The average Bonchev–Trinajstić information content (AvgIpc) is 3.58. The molecule has 206 valence electrons. The molecule has 0 N–H and O–H groups in total. The Labute approximate surface area is 237 Å². The average molecular weight is 535 g/mol. The van der Waals surface area contributed by atoms with Crippen molar-refractivity contribution in [2.24, 2.45) is 23.7 Å². The molecule has 0 radical (unpaired) electrons. The van der Waals surface area contributed by atoms with E-state index in [0.717, 1.165) is 51.4 Å². The highest BCUT2D eigenvalue weighted by Gasteiger charge is 2.55. The fraction of sp³-hybridized carbons (Fsp3) is 0.500. The molecule has 4 atom stereocenters. The summed E-state index contributed by atoms with van der Waals surface area (Å²) >= 11 is 0. The lowest BCUT2D eigenvalue weighted by atomic mass is 9.82. The van der Waals surface area contributed by atoms with E-state index in [1.54, 1.807) is 0 Å². The second-order valence-corrected chi connectivity index (χ2v) is 13.2. The lowest BCUT2D eigenvalue weighted by Gasteiger charge is -2.39. The van der Waals surface area contributed by atoms with Gasteiger partial charge in [-0.3, -0.25) is 0 Å². The van der Waals surface area contributed by atoms with Crippen LogP contribution in [0.5, 0.6) is 0 Å². The quantitative estimate of drug-likeness (QED) is 0.385. The molecule has 3 aromatic rings. The van der Waals surface area contributed by atoms with Crippen LogP contribution in [-0.2, 0) is 70.3 Å². The molecule has 2 saturated heterocycles. The predicted octanol–water partition coefficient (Wildman–Crippen LogP) is 5.43. The van der Waals surface area contributed by atoms with Crippen molar-refractivity contribution in [2.45, 2.75) is 62.9 Å². The zero-order valence-corrected chi connectivity index (χ0v) is 23.2. The van der Waals surface area contributed by atoms with Gasteiger partial charge in [-0.05, 0) is 95.9 Å². The van der Waals surface area contributed by atoms with Crippen LogP contribution in [-0.4, -0.2) is 38.0 Å². The first-order valence-corrected chi connectivity index (χ1v) is 15.5. The first-order valence-electron chi connectivity index (χ1n) is 15.5. The summed E-state index contributed by atoms with van der Waals surface area (Å²) in [5.41, 5.74) is 12.0. The van der Waals surface area contributed by atoms with Gasteiger partial charge in [0.15, 0.2) is 11.6 Å². The molecule has 4 heteroatoms. The highest BCUT2D eigenvalue weighted by molar-refractivity contribution is 5.44. The number of hydrogen-bond donors (Lipinski definition) is 0. The van der Waals surface area contributed by atoms with Gasteiger partial charge in [0.05, 0.1) is 26.4 Å². The Balaban J connectivity index is 1.14. The van der Waals surface area contributed by atoms with Crippen molar-refractivity contribution in [3.8, 4) is 0 Å². The van der Waals surface area contributed by atoms with Gasteiger partial charge in [0.2, 0.25) is 0 Å². The zero-order valence-electron chi connectivity index (χ0n) is 23.2. The van der Waals surface area contributed by atoms with Crippen molar-refractivity contribution < 1.29 is 18.9 Å². The summed E-state index contributed by atoms with van der Waals surface area (Å²) in [5.74, 6) is 0.375. The molecular weight excluding hydrogens is 496 g/mol. The van der Waals surface area contributed by atoms with Crippen LogP contribution in [0.3, 0.4) is 0 Å². The normalized spacial score (nSPS) is 30.8. The molecular formula is C36H38O4. The van der Waals surface area contributed by atoms with E-state index in [4.69, 9.17) is 18.9 Å². The number of benzene rings is 3. The molecule has 3 aromatic carbocycles. The van der Waals surface area contributed by atoms with Crippen molar-refractivity contribution in [2.75, 3.05) is 26.4 Å². The summed E-state index contributed by atoms with van der Waals surface area (Å²) in [7, 11) is 0. The summed E-state index contributed by atoms with van der Waals surface area (Å²) in [4.78, 5) is 0. The van der Waals surface area contributed by atoms with Gasteiger partial charge >= 0.3 is 0 Å². The van der Waals surface area contributed by atoms with E-state index in [-0.39, 0.29) is 0 Å². The Kier molecular flexibility index (Phi) is 5.43. The van der Waals surface area contributed by atoms with Crippen molar-refractivity contribution in [3.63, 3.8) is 0 Å². The van der Waals surface area contributed by atoms with Gasteiger partial charge in [0.25, 0.3) is 0 Å². The van der Waals surface area contributed by atoms with E-state index >= 15 is 0 Å². The fourth-order valence-corrected chi connectivity index (χ4v) is 9.51. The van der Waals surface area contributed by atoms with E-state index in [0.29, 0.717) is 50.1 Å². The van der Waals surface area contributed by atoms with Crippen LogP contribution in [0.4, 0.5) is 0 Å². The second-order valence-electron chi connectivity index (χ2n) is 13.2. The third-order valence-electron chi connectivity index (χ3n) is 11.2. The minimum absolute atomic E-state index is 0.330. The molecule has 4 unspecified atom stereocenters. The smallest absolute Gasteiger partial charge is 0.175 e. The molecule has 2 heterocycles. The molecule has 2 spiro atoms. The van der Waals surface area contributed by atoms with Gasteiger partial charge < -0.3 is 18.9 Å². The van der Waals surface area contributed by atoms with Crippen molar-refractivity contribution in [1.29, 1.82) is 0 Å². The molecule has 0 amide bonds. The first-order chi connectivity index (χ1) is 19.7. The maximum Gasteiger partial charge on any atom is 0.175 e. The Morgan fingerprint density at radius 3 is 0.900 bits per heavy atom. The van der Waals surface area contributed by atoms with Crippen LogP contribution < -0.4 is 0 Å². The second kappa shape index (κ2) is 9.00. The lowest BCUT2D eigenvalue weighted by Crippen LogP contribution is -2.47. The van der Waals surface area contributed by atoms with Crippen LogP contribution in [0, 0.1) is 23.7 Å². The van der Waals surface area contributed by atoms with E-state index in [1.807, 2.05) is 0 Å². The van der Waals surface area contributed by atoms with Gasteiger partial charge in [0, 0.05) is 23.7 Å². The van der Waals surface area contributed by atoms with Crippen LogP contribution >= 0.6 is 0 Å². The van der Waals surface area contributed by atoms with Crippen LogP contribution in [0.1, 0.15) is 44.5 Å². The third kappa shape index (κ3) is 3.52. The first kappa shape index (κ1) is 24.1. The summed E-state index contributed by atoms with van der Waals surface area (Å²) < 4.78 is 26.5. The van der Waals surface area contributed by atoms with Crippen LogP contribution in [0.2, 0.25) is 0 Å². The predicted molar refractivity (Wildman–Crippen MR) is 152 cm³/mol. The maximum absolute atomic E-state index is 6.64. The Hall–Kier alpha value is -2.50. The van der Waals surface area contributed by atoms with Crippen molar-refractivity contribution >= 4 is 0 Å². The number of ether oxygens (including phenoxy) is 4. The van der Waals surface area contributed by atoms with Crippen molar-refractivity contribution in [3.05, 3.63) is 105 Å². The molecule has 9 rings (SSSR count). The monoisotopic (exact) mass is 534 g/mol. The van der Waals surface area contributed by atoms with Gasteiger partial charge in [-0.2, -0.15) is 0 Å². The fourth-order valence-electron chi connectivity index (χ4n) is 9.51. The molecule has 4 bridgehead atoms. The molecule has 2 aliphatic heterocycles. The zero-order chi connectivity index (χ0) is 26.3. The minimum Gasteiger partial charge on any atom is -0.347 e. The minimum atomic E-state index is -0.472. The molecule has 2 fully saturated rings. The number of hydrogen-bond acceptors (Lipinski definition) is 4. The SMILES string of the molecule is c1ccc2c(c1)CC1Cc3cc4c(cc3CC(C2)C12OCCO2)CC1Cc2ccccc2CC(C4)C12OCCO2. The topological polar surface area (TPSA) is 36.9 Å². The van der Waals surface area contributed by atoms with E-state index < -0.39 is 11.6 Å².